The molecule has 1 amide bonds. The maximum Gasteiger partial charge on any atom is 0.254 e. The molecule has 0 saturated carbocycles. The van der Waals surface area contributed by atoms with E-state index in [-0.39, 0.29) is 29.3 Å². The molecule has 0 spiro atoms. The maximum absolute atomic E-state index is 13.3. The Morgan fingerprint density at radius 3 is 2.83 bits per heavy atom. The smallest absolute Gasteiger partial charge is 0.254 e. The number of hydrogen-bond acceptors (Lipinski definition) is 3. The molecule has 0 aromatic heterocycles. The minimum atomic E-state index is -0.493. The van der Waals surface area contributed by atoms with Crippen molar-refractivity contribution in [2.75, 3.05) is 18.9 Å². The van der Waals surface area contributed by atoms with Crippen LogP contribution in [-0.2, 0) is 4.74 Å². The van der Waals surface area contributed by atoms with Gasteiger partial charge in [-0.2, -0.15) is 0 Å². The number of halogens is 1. The molecule has 2 atom stereocenters. The molecule has 18 heavy (non-hydrogen) atoms. The van der Waals surface area contributed by atoms with Crippen LogP contribution in [0, 0.1) is 5.82 Å². The van der Waals surface area contributed by atoms with E-state index >= 15 is 0 Å². The Morgan fingerprint density at radius 1 is 1.44 bits per heavy atom. The van der Waals surface area contributed by atoms with Crippen molar-refractivity contribution >= 4 is 11.6 Å². The summed E-state index contributed by atoms with van der Waals surface area (Å²) in [6.45, 7) is 4.83. The van der Waals surface area contributed by atoms with Gasteiger partial charge in [0.05, 0.1) is 18.8 Å². The molecule has 1 aliphatic heterocycles. The first kappa shape index (κ1) is 12.8. The first-order chi connectivity index (χ1) is 8.47. The van der Waals surface area contributed by atoms with Gasteiger partial charge < -0.3 is 15.4 Å². The molecule has 0 aliphatic carbocycles. The first-order valence-corrected chi connectivity index (χ1v) is 5.96. The standard InChI is InChI=1S/C13H17FN2O2/c1-8-7-18-9(2)6-16(8)13(17)10-3-11(14)5-12(15)4-10/h3-5,8-9H,6-7,15H2,1-2H3. The van der Waals surface area contributed by atoms with Crippen molar-refractivity contribution < 1.29 is 13.9 Å². The number of benzene rings is 1. The summed E-state index contributed by atoms with van der Waals surface area (Å²) < 4.78 is 18.7. The van der Waals surface area contributed by atoms with Crippen LogP contribution in [0.1, 0.15) is 24.2 Å². The van der Waals surface area contributed by atoms with Crippen molar-refractivity contribution in [3.8, 4) is 0 Å². The molecular weight excluding hydrogens is 235 g/mol. The van der Waals surface area contributed by atoms with Gasteiger partial charge >= 0.3 is 0 Å². The quantitative estimate of drug-likeness (QED) is 0.773. The van der Waals surface area contributed by atoms with Crippen molar-refractivity contribution in [1.29, 1.82) is 0 Å². The average molecular weight is 252 g/mol. The van der Waals surface area contributed by atoms with Crippen molar-refractivity contribution in [3.63, 3.8) is 0 Å². The van der Waals surface area contributed by atoms with E-state index in [2.05, 4.69) is 0 Å². The van der Waals surface area contributed by atoms with E-state index in [1.807, 2.05) is 13.8 Å². The molecule has 5 heteroatoms. The number of rotatable bonds is 1. The van der Waals surface area contributed by atoms with Crippen molar-refractivity contribution in [2.24, 2.45) is 0 Å². The van der Waals surface area contributed by atoms with Gasteiger partial charge in [0.15, 0.2) is 0 Å². The lowest BCUT2D eigenvalue weighted by molar-refractivity contribution is -0.0387. The summed E-state index contributed by atoms with van der Waals surface area (Å²) in [4.78, 5) is 14.0. The number of carbonyl (C=O) groups excluding carboxylic acids is 1. The van der Waals surface area contributed by atoms with Crippen LogP contribution in [0.3, 0.4) is 0 Å². The minimum Gasteiger partial charge on any atom is -0.399 e. The lowest BCUT2D eigenvalue weighted by Crippen LogP contribution is -2.50. The second-order valence-electron chi connectivity index (χ2n) is 4.72. The molecule has 1 saturated heterocycles. The summed E-state index contributed by atoms with van der Waals surface area (Å²) in [6, 6.07) is 3.89. The molecular formula is C13H17FN2O2. The number of ether oxygens (including phenoxy) is 1. The number of carbonyl (C=O) groups is 1. The third kappa shape index (κ3) is 2.61. The number of nitrogens with two attached hydrogens (primary N) is 1. The second-order valence-corrected chi connectivity index (χ2v) is 4.72. The molecule has 1 heterocycles. The van der Waals surface area contributed by atoms with Gasteiger partial charge in [-0.25, -0.2) is 4.39 Å². The summed E-state index contributed by atoms with van der Waals surface area (Å²) in [7, 11) is 0. The molecule has 2 rings (SSSR count). The number of nitrogen functional groups attached to an aromatic ring is 1. The van der Waals surface area contributed by atoms with Gasteiger partial charge in [0.2, 0.25) is 0 Å². The van der Waals surface area contributed by atoms with Gasteiger partial charge in [-0.1, -0.05) is 0 Å². The Morgan fingerprint density at radius 2 is 2.17 bits per heavy atom. The van der Waals surface area contributed by atoms with E-state index in [4.69, 9.17) is 10.5 Å². The first-order valence-electron chi connectivity index (χ1n) is 5.96. The summed E-state index contributed by atoms with van der Waals surface area (Å²) >= 11 is 0. The fourth-order valence-electron chi connectivity index (χ4n) is 2.09. The molecule has 1 aliphatic rings. The molecule has 1 aromatic rings. The van der Waals surface area contributed by atoms with Gasteiger partial charge in [-0.05, 0) is 32.0 Å². The zero-order valence-electron chi connectivity index (χ0n) is 10.5. The SMILES string of the molecule is CC1CN(C(=O)c2cc(N)cc(F)c2)C(C)CO1. The normalized spacial score (nSPS) is 24.1. The number of hydrogen-bond donors (Lipinski definition) is 1. The van der Waals surface area contributed by atoms with Crippen LogP contribution in [0.4, 0.5) is 10.1 Å². The lowest BCUT2D eigenvalue weighted by atomic mass is 10.1. The molecule has 1 fully saturated rings. The molecule has 4 nitrogen and oxygen atoms in total. The average Bonchev–Trinajstić information content (AvgIpc) is 2.30. The van der Waals surface area contributed by atoms with E-state index in [0.29, 0.717) is 13.2 Å². The highest BCUT2D eigenvalue weighted by atomic mass is 19.1. The number of nitrogens with zero attached hydrogens (tertiary/aromatic N) is 1. The van der Waals surface area contributed by atoms with E-state index in [9.17, 15) is 9.18 Å². The molecule has 1 aromatic carbocycles. The highest BCUT2D eigenvalue weighted by Gasteiger charge is 2.28. The predicted molar refractivity (Wildman–Crippen MR) is 66.7 cm³/mol. The maximum atomic E-state index is 13.3. The van der Waals surface area contributed by atoms with Gasteiger partial charge in [-0.15, -0.1) is 0 Å². The Kier molecular flexibility index (Phi) is 3.52. The molecule has 2 N–H and O–H groups in total. The molecule has 0 bridgehead atoms. The van der Waals surface area contributed by atoms with Crippen LogP contribution in [0.2, 0.25) is 0 Å². The Balaban J connectivity index is 2.24. The van der Waals surface area contributed by atoms with Crippen LogP contribution < -0.4 is 5.73 Å². The predicted octanol–water partition coefficient (Wildman–Crippen LogP) is 1.66. The topological polar surface area (TPSA) is 55.6 Å². The Bertz CT molecular complexity index is 444. The zero-order chi connectivity index (χ0) is 13.3. The molecule has 2 unspecified atom stereocenters. The Labute approximate surface area is 106 Å². The number of morpholine rings is 1. The number of anilines is 1. The van der Waals surface area contributed by atoms with Gasteiger partial charge in [0, 0.05) is 17.8 Å². The summed E-state index contributed by atoms with van der Waals surface area (Å²) in [5, 5.41) is 0. The summed E-state index contributed by atoms with van der Waals surface area (Å²) in [5.74, 6) is -0.698. The number of amides is 1. The van der Waals surface area contributed by atoms with E-state index in [0.717, 1.165) is 0 Å². The van der Waals surface area contributed by atoms with E-state index < -0.39 is 5.82 Å². The minimum absolute atomic E-state index is 0.00365. The van der Waals surface area contributed by atoms with Crippen LogP contribution >= 0.6 is 0 Å². The van der Waals surface area contributed by atoms with Gasteiger partial charge in [0.1, 0.15) is 5.82 Å². The monoisotopic (exact) mass is 252 g/mol. The fraction of sp³-hybridized carbons (Fsp3) is 0.462. The third-order valence-electron chi connectivity index (χ3n) is 3.04. The van der Waals surface area contributed by atoms with Crippen molar-refractivity contribution in [3.05, 3.63) is 29.6 Å². The van der Waals surface area contributed by atoms with Gasteiger partial charge in [-0.3, -0.25) is 4.79 Å². The second kappa shape index (κ2) is 4.94. The fourth-order valence-corrected chi connectivity index (χ4v) is 2.09. The van der Waals surface area contributed by atoms with Crippen LogP contribution in [-0.4, -0.2) is 36.1 Å². The molecule has 0 radical (unpaired) electrons. The zero-order valence-corrected chi connectivity index (χ0v) is 10.5. The van der Waals surface area contributed by atoms with Crippen LogP contribution in [0.5, 0.6) is 0 Å². The van der Waals surface area contributed by atoms with Crippen LogP contribution in [0.15, 0.2) is 18.2 Å². The third-order valence-corrected chi connectivity index (χ3v) is 3.04. The van der Waals surface area contributed by atoms with E-state index in [1.165, 1.54) is 18.2 Å². The van der Waals surface area contributed by atoms with E-state index in [1.54, 1.807) is 4.90 Å². The highest BCUT2D eigenvalue weighted by Crippen LogP contribution is 2.18. The molecule has 98 valence electrons. The largest absolute Gasteiger partial charge is 0.399 e. The van der Waals surface area contributed by atoms with Crippen molar-refractivity contribution in [1.82, 2.24) is 4.90 Å². The summed E-state index contributed by atoms with van der Waals surface area (Å²) in [6.07, 6.45) is -0.00365. The lowest BCUT2D eigenvalue weighted by Gasteiger charge is -2.36. The van der Waals surface area contributed by atoms with Gasteiger partial charge in [0.25, 0.3) is 5.91 Å². The summed E-state index contributed by atoms with van der Waals surface area (Å²) in [5.41, 5.74) is 6.10. The van der Waals surface area contributed by atoms with Crippen LogP contribution in [0.25, 0.3) is 0 Å². The highest BCUT2D eigenvalue weighted by molar-refractivity contribution is 5.95. The Hall–Kier alpha value is -1.62. The van der Waals surface area contributed by atoms with Crippen molar-refractivity contribution in [2.45, 2.75) is 26.0 Å².